The van der Waals surface area contributed by atoms with E-state index in [1.807, 2.05) is 0 Å². The van der Waals surface area contributed by atoms with Crippen molar-refractivity contribution in [2.24, 2.45) is 0 Å². The van der Waals surface area contributed by atoms with Crippen molar-refractivity contribution in [1.29, 1.82) is 0 Å². The molecule has 0 aliphatic heterocycles. The third-order valence-corrected chi connectivity index (χ3v) is 0. The quantitative estimate of drug-likeness (QED) is 0.284. The van der Waals surface area contributed by atoms with E-state index < -0.39 is 5.09 Å². The Morgan fingerprint density at radius 3 is 1.67 bits per heavy atom. The van der Waals surface area contributed by atoms with Crippen molar-refractivity contribution >= 4 is 0 Å². The Morgan fingerprint density at radius 2 is 1.67 bits per heavy atom. The molecule has 1 radical (unpaired) electrons. The summed E-state index contributed by atoms with van der Waals surface area (Å²) < 4.78 is 0. The molecule has 0 saturated carbocycles. The molecule has 0 atom stereocenters. The molecule has 0 heterocycles. The van der Waals surface area contributed by atoms with Crippen LogP contribution in [0.4, 0.5) is 0 Å². The molecule has 0 aliphatic rings. The van der Waals surface area contributed by atoms with E-state index >= 15 is 0 Å². The van der Waals surface area contributed by atoms with Gasteiger partial charge in [0.15, 0.2) is 0 Å². The fourth-order valence-corrected chi connectivity index (χ4v) is 0. The fourth-order valence-electron chi connectivity index (χ4n) is 0. The average molecular weight is 174 g/mol. The Morgan fingerprint density at radius 1 is 1.67 bits per heavy atom. The normalized spacial score (nSPS) is 4.00. The second-order valence-electron chi connectivity index (χ2n) is 0.238. The van der Waals surface area contributed by atoms with Gasteiger partial charge in [0.2, 0.25) is 0 Å². The summed E-state index contributed by atoms with van der Waals surface area (Å²) in [5, 5.41) is 13.6. The van der Waals surface area contributed by atoms with Gasteiger partial charge in [-0.2, -0.15) is 0 Å². The first-order valence-electron chi connectivity index (χ1n) is 0.565. The molecule has 5 nitrogen and oxygen atoms in total. The van der Waals surface area contributed by atoms with Gasteiger partial charge in [-0.3, -0.25) is 0 Å². The smallest absolute Gasteiger partial charge is 0.291 e. The molecule has 0 aromatic heterocycles. The first-order valence-corrected chi connectivity index (χ1v) is 0.565. The van der Waals surface area contributed by atoms with Crippen LogP contribution >= 0.6 is 0 Å². The van der Waals surface area contributed by atoms with E-state index in [1.165, 1.54) is 0 Å². The largest absolute Gasteiger partial charge is 0.412 e. The van der Waals surface area contributed by atoms with Crippen LogP contribution in [0.15, 0.2) is 0 Å². The van der Waals surface area contributed by atoms with Gasteiger partial charge in [0.05, 0.1) is 0 Å². The van der Waals surface area contributed by atoms with Crippen molar-refractivity contribution in [3.05, 3.63) is 10.1 Å². The summed E-state index contributed by atoms with van der Waals surface area (Å²) in [7, 11) is 0. The van der Waals surface area contributed by atoms with E-state index in [1.54, 1.807) is 0 Å². The van der Waals surface area contributed by atoms with Crippen molar-refractivity contribution in [2.45, 2.75) is 0 Å². The van der Waals surface area contributed by atoms with Gasteiger partial charge in [-0.15, -0.1) is 10.1 Å². The molecular formula is H3NNbO4. The van der Waals surface area contributed by atoms with E-state index in [9.17, 15) is 0 Å². The minimum Gasteiger partial charge on any atom is -0.412 e. The van der Waals surface area contributed by atoms with Crippen LogP contribution in [0.25, 0.3) is 0 Å². The molecule has 6 heavy (non-hydrogen) atoms. The zero-order chi connectivity index (χ0) is 3.58. The molecule has 0 fully saturated rings. The maximum atomic E-state index is 8.36. The summed E-state index contributed by atoms with van der Waals surface area (Å²) in [5.41, 5.74) is 0. The number of rotatable bonds is 0. The molecule has 0 aromatic carbocycles. The molecule has 0 saturated heterocycles. The van der Waals surface area contributed by atoms with Crippen LogP contribution in [0.5, 0.6) is 0 Å². The maximum absolute atomic E-state index is 8.36. The van der Waals surface area contributed by atoms with Gasteiger partial charge in [0.25, 0.3) is 5.09 Å². The van der Waals surface area contributed by atoms with E-state index in [2.05, 4.69) is 0 Å². The fraction of sp³-hybridized carbons (Fsp3) is 0. The van der Waals surface area contributed by atoms with Gasteiger partial charge in [-0.05, 0) is 0 Å². The van der Waals surface area contributed by atoms with Crippen LogP contribution in [-0.2, 0) is 22.4 Å². The number of hydrogen-bond donors (Lipinski definition) is 1. The van der Waals surface area contributed by atoms with Gasteiger partial charge in [-0.25, -0.2) is 0 Å². The zero-order valence-corrected chi connectivity index (χ0v) is 4.86. The van der Waals surface area contributed by atoms with Crippen LogP contribution in [0.1, 0.15) is 0 Å². The maximum Gasteiger partial charge on any atom is 0.291 e. The van der Waals surface area contributed by atoms with E-state index in [0.717, 1.165) is 0 Å². The molecule has 0 rings (SSSR count). The van der Waals surface area contributed by atoms with Gasteiger partial charge in [0, 0.05) is 22.4 Å². The molecule has 6 heteroatoms. The minimum absolute atomic E-state index is 0. The van der Waals surface area contributed by atoms with Gasteiger partial charge < -0.3 is 10.7 Å². The second kappa shape index (κ2) is 8.86. The van der Waals surface area contributed by atoms with Crippen LogP contribution in [0.2, 0.25) is 0 Å². The predicted octanol–water partition coefficient (Wildman–Crippen LogP) is -1.17. The summed E-state index contributed by atoms with van der Waals surface area (Å²) in [6.07, 6.45) is 0. The monoisotopic (exact) mass is 174 g/mol. The Kier molecular flexibility index (Phi) is 24.9. The molecule has 0 unspecified atom stereocenters. The van der Waals surface area contributed by atoms with Crippen molar-refractivity contribution in [1.82, 2.24) is 0 Å². The molecule has 0 aliphatic carbocycles. The first-order chi connectivity index (χ1) is 1.73. The molecular weight excluding hydrogens is 171 g/mol. The van der Waals surface area contributed by atoms with E-state index in [0.29, 0.717) is 0 Å². The molecule has 37 valence electrons. The van der Waals surface area contributed by atoms with Crippen molar-refractivity contribution in [2.75, 3.05) is 0 Å². The Balaban J connectivity index is -0.0000000450. The third-order valence-electron chi connectivity index (χ3n) is 0. The van der Waals surface area contributed by atoms with Crippen LogP contribution in [-0.4, -0.2) is 15.8 Å². The third kappa shape index (κ3) is 3300. The van der Waals surface area contributed by atoms with Gasteiger partial charge >= 0.3 is 0 Å². The minimum atomic E-state index is -1.50. The number of hydrogen-bond acceptors (Lipinski definition) is 2. The van der Waals surface area contributed by atoms with E-state index in [-0.39, 0.29) is 27.9 Å². The topological polar surface area (TPSA) is 94.9 Å². The van der Waals surface area contributed by atoms with E-state index in [4.69, 9.17) is 15.3 Å². The SMILES string of the molecule is O.O=[N+]([O-])O.[Nb]. The second-order valence-corrected chi connectivity index (χ2v) is 0.238. The summed E-state index contributed by atoms with van der Waals surface area (Å²) >= 11 is 0. The predicted molar refractivity (Wildman–Crippen MR) is 12.4 cm³/mol. The van der Waals surface area contributed by atoms with Crippen molar-refractivity contribution < 1.29 is 38.2 Å². The van der Waals surface area contributed by atoms with Crippen molar-refractivity contribution in [3.63, 3.8) is 0 Å². The first kappa shape index (κ1) is 16.8. The summed E-state index contributed by atoms with van der Waals surface area (Å²) in [6.45, 7) is 0. The zero-order valence-electron chi connectivity index (χ0n) is 2.66. The van der Waals surface area contributed by atoms with Gasteiger partial charge in [-0.1, -0.05) is 0 Å². The van der Waals surface area contributed by atoms with Crippen LogP contribution in [0.3, 0.4) is 0 Å². The van der Waals surface area contributed by atoms with Crippen LogP contribution in [0, 0.1) is 10.1 Å². The summed E-state index contributed by atoms with van der Waals surface area (Å²) in [5.74, 6) is 0. The summed E-state index contributed by atoms with van der Waals surface area (Å²) in [6, 6.07) is 0. The van der Waals surface area contributed by atoms with Gasteiger partial charge in [0.1, 0.15) is 0 Å². The molecule has 0 amide bonds. The Labute approximate surface area is 48.9 Å². The van der Waals surface area contributed by atoms with Crippen LogP contribution < -0.4 is 0 Å². The summed E-state index contributed by atoms with van der Waals surface area (Å²) in [4.78, 5) is 8.36. The molecule has 0 bridgehead atoms. The Hall–Kier alpha value is -0.0997. The average Bonchev–Trinajstić information content (AvgIpc) is 0.811. The molecule has 0 aromatic rings. The molecule has 3 N–H and O–H groups in total. The number of nitrogens with zero attached hydrogens (tertiary/aromatic N) is 1. The van der Waals surface area contributed by atoms with Crippen molar-refractivity contribution in [3.8, 4) is 0 Å². The molecule has 0 spiro atoms. The Bertz CT molecular complexity index is 30.5. The standard InChI is InChI=1S/HNO3.Nb.H2O/c2-1(3)4;;/h(H,2,3,4);;1H2.